The molecule has 0 atom stereocenters. The number of anilines is 1. The van der Waals surface area contributed by atoms with Crippen molar-refractivity contribution in [2.45, 2.75) is 20.3 Å². The summed E-state index contributed by atoms with van der Waals surface area (Å²) in [4.78, 5) is 13.6. The zero-order chi connectivity index (χ0) is 22.6. The summed E-state index contributed by atoms with van der Waals surface area (Å²) in [7, 11) is 0. The molecule has 4 nitrogen and oxygen atoms in total. The van der Waals surface area contributed by atoms with Crippen molar-refractivity contribution in [3.05, 3.63) is 108 Å². The molecule has 3 heterocycles. The Morgan fingerprint density at radius 1 is 0.758 bits per heavy atom. The topological polar surface area (TPSA) is 50.7 Å². The second-order valence-electron chi connectivity index (χ2n) is 8.32. The molecule has 0 saturated carbocycles. The molecule has 0 amide bonds. The fraction of sp³-hybridized carbons (Fsp3) is 0.138. The largest absolute Gasteiger partial charge is 0.369 e. The van der Waals surface area contributed by atoms with Gasteiger partial charge in [0.25, 0.3) is 0 Å². The van der Waals surface area contributed by atoms with Gasteiger partial charge in [-0.3, -0.25) is 9.97 Å². The third-order valence-corrected chi connectivity index (χ3v) is 5.96. The van der Waals surface area contributed by atoms with Crippen LogP contribution in [-0.2, 0) is 6.42 Å². The van der Waals surface area contributed by atoms with Crippen molar-refractivity contribution >= 4 is 16.6 Å². The molecule has 0 aliphatic rings. The highest BCUT2D eigenvalue weighted by atomic mass is 15.0. The summed E-state index contributed by atoms with van der Waals surface area (Å²) < 4.78 is 0. The van der Waals surface area contributed by atoms with Crippen LogP contribution >= 0.6 is 0 Å². The number of fused-ring (bicyclic) bond motifs is 1. The van der Waals surface area contributed by atoms with E-state index in [0.29, 0.717) is 0 Å². The van der Waals surface area contributed by atoms with Gasteiger partial charge in [0.15, 0.2) is 0 Å². The first kappa shape index (κ1) is 20.8. The molecule has 3 aromatic heterocycles. The average Bonchev–Trinajstić information content (AvgIpc) is 2.84. The van der Waals surface area contributed by atoms with Gasteiger partial charge < -0.3 is 5.32 Å². The summed E-state index contributed by atoms with van der Waals surface area (Å²) in [6, 6.07) is 25.4. The Balaban J connectivity index is 1.28. The van der Waals surface area contributed by atoms with Crippen LogP contribution in [0.5, 0.6) is 0 Å². The first-order valence-corrected chi connectivity index (χ1v) is 11.2. The quantitative estimate of drug-likeness (QED) is 0.328. The molecule has 2 aromatic carbocycles. The lowest BCUT2D eigenvalue weighted by Crippen LogP contribution is -2.06. The predicted octanol–water partition coefficient (Wildman–Crippen LogP) is 6.63. The van der Waals surface area contributed by atoms with E-state index in [0.717, 1.165) is 46.5 Å². The molecule has 0 aliphatic heterocycles. The first-order chi connectivity index (χ1) is 16.2. The third-order valence-electron chi connectivity index (χ3n) is 5.96. The van der Waals surface area contributed by atoms with Crippen LogP contribution in [0.2, 0.25) is 0 Å². The normalized spacial score (nSPS) is 11.0. The maximum atomic E-state index is 4.73. The Labute approximate surface area is 194 Å². The van der Waals surface area contributed by atoms with Crippen LogP contribution in [0, 0.1) is 13.8 Å². The van der Waals surface area contributed by atoms with Crippen LogP contribution in [-0.4, -0.2) is 21.5 Å². The standard InChI is InChI=1S/C29H26N4/c1-20-5-3-4-6-26(20)28-18-25-13-16-32-29(27(25)19-33-28)31-14-11-22-7-9-23(10-8-22)24-12-15-30-21(2)17-24/h3-10,12-13,15-19H,11,14H2,1-2H3,(H,31,32). The second kappa shape index (κ2) is 9.21. The van der Waals surface area contributed by atoms with Crippen molar-refractivity contribution in [1.29, 1.82) is 0 Å². The zero-order valence-electron chi connectivity index (χ0n) is 18.9. The summed E-state index contributed by atoms with van der Waals surface area (Å²) >= 11 is 0. The maximum absolute atomic E-state index is 4.73. The van der Waals surface area contributed by atoms with Gasteiger partial charge in [-0.25, -0.2) is 4.98 Å². The minimum atomic E-state index is 0.805. The molecular weight excluding hydrogens is 404 g/mol. The van der Waals surface area contributed by atoms with E-state index in [1.165, 1.54) is 22.3 Å². The minimum Gasteiger partial charge on any atom is -0.369 e. The zero-order valence-corrected chi connectivity index (χ0v) is 18.9. The average molecular weight is 431 g/mol. The molecule has 5 aromatic rings. The predicted molar refractivity (Wildman–Crippen MR) is 136 cm³/mol. The van der Waals surface area contributed by atoms with E-state index in [9.17, 15) is 0 Å². The SMILES string of the molecule is Cc1cc(-c2ccc(CCNc3nccc4cc(-c5ccccc5C)ncc34)cc2)ccn1. The number of hydrogen-bond acceptors (Lipinski definition) is 4. The van der Waals surface area contributed by atoms with Crippen LogP contribution in [0.3, 0.4) is 0 Å². The summed E-state index contributed by atoms with van der Waals surface area (Å²) in [5.41, 5.74) is 8.11. The molecule has 162 valence electrons. The van der Waals surface area contributed by atoms with Gasteiger partial charge in [0.1, 0.15) is 5.82 Å². The van der Waals surface area contributed by atoms with Crippen LogP contribution in [0.15, 0.2) is 91.4 Å². The fourth-order valence-corrected chi connectivity index (χ4v) is 4.13. The number of hydrogen-bond donors (Lipinski definition) is 1. The van der Waals surface area contributed by atoms with Crippen molar-refractivity contribution in [3.8, 4) is 22.4 Å². The van der Waals surface area contributed by atoms with Crippen molar-refractivity contribution in [3.63, 3.8) is 0 Å². The minimum absolute atomic E-state index is 0.805. The Kier molecular flexibility index (Phi) is 5.81. The van der Waals surface area contributed by atoms with Crippen molar-refractivity contribution in [1.82, 2.24) is 15.0 Å². The first-order valence-electron chi connectivity index (χ1n) is 11.2. The second-order valence-corrected chi connectivity index (χ2v) is 8.32. The number of nitrogens with one attached hydrogen (secondary N) is 1. The molecule has 33 heavy (non-hydrogen) atoms. The molecule has 0 saturated heterocycles. The van der Waals surface area contributed by atoms with Crippen molar-refractivity contribution < 1.29 is 0 Å². The van der Waals surface area contributed by atoms with E-state index in [1.54, 1.807) is 0 Å². The fourth-order valence-electron chi connectivity index (χ4n) is 4.13. The van der Waals surface area contributed by atoms with Gasteiger partial charge in [-0.15, -0.1) is 0 Å². The van der Waals surface area contributed by atoms with Crippen LogP contribution < -0.4 is 5.32 Å². The van der Waals surface area contributed by atoms with Crippen LogP contribution in [0.25, 0.3) is 33.2 Å². The van der Waals surface area contributed by atoms with Gasteiger partial charge in [-0.2, -0.15) is 0 Å². The number of aryl methyl sites for hydroxylation is 2. The monoisotopic (exact) mass is 430 g/mol. The molecule has 0 aliphatic carbocycles. The summed E-state index contributed by atoms with van der Waals surface area (Å²) in [6.45, 7) is 4.94. The highest BCUT2D eigenvalue weighted by Crippen LogP contribution is 2.27. The van der Waals surface area contributed by atoms with E-state index in [1.807, 2.05) is 37.6 Å². The molecule has 0 radical (unpaired) electrons. The van der Waals surface area contributed by atoms with E-state index in [-0.39, 0.29) is 0 Å². The van der Waals surface area contributed by atoms with Crippen molar-refractivity contribution in [2.24, 2.45) is 0 Å². The highest BCUT2D eigenvalue weighted by molar-refractivity contribution is 5.93. The van der Waals surface area contributed by atoms with Gasteiger partial charge in [-0.1, -0.05) is 48.5 Å². The van der Waals surface area contributed by atoms with Gasteiger partial charge in [0, 0.05) is 41.8 Å². The lowest BCUT2D eigenvalue weighted by atomic mass is 10.0. The van der Waals surface area contributed by atoms with E-state index < -0.39 is 0 Å². The molecular formula is C29H26N4. The van der Waals surface area contributed by atoms with Gasteiger partial charge >= 0.3 is 0 Å². The molecule has 4 heteroatoms. The summed E-state index contributed by atoms with van der Waals surface area (Å²) in [6.07, 6.45) is 6.57. The summed E-state index contributed by atoms with van der Waals surface area (Å²) in [5, 5.41) is 5.68. The Morgan fingerprint density at radius 3 is 2.39 bits per heavy atom. The molecule has 1 N–H and O–H groups in total. The molecule has 0 unspecified atom stereocenters. The van der Waals surface area contributed by atoms with E-state index >= 15 is 0 Å². The van der Waals surface area contributed by atoms with E-state index in [2.05, 4.69) is 82.9 Å². The number of pyridine rings is 3. The lowest BCUT2D eigenvalue weighted by molar-refractivity contribution is 1.01. The lowest BCUT2D eigenvalue weighted by Gasteiger charge is -2.11. The number of aromatic nitrogens is 3. The Morgan fingerprint density at radius 2 is 1.58 bits per heavy atom. The van der Waals surface area contributed by atoms with Gasteiger partial charge in [0.05, 0.1) is 5.69 Å². The number of nitrogens with zero attached hydrogens (tertiary/aromatic N) is 3. The van der Waals surface area contributed by atoms with Crippen LogP contribution in [0.1, 0.15) is 16.8 Å². The molecule has 0 fully saturated rings. The Bertz CT molecular complexity index is 1410. The highest BCUT2D eigenvalue weighted by Gasteiger charge is 2.08. The van der Waals surface area contributed by atoms with Gasteiger partial charge in [0.2, 0.25) is 0 Å². The number of benzene rings is 2. The maximum Gasteiger partial charge on any atom is 0.135 e. The smallest absolute Gasteiger partial charge is 0.135 e. The Hall–Kier alpha value is -4.05. The van der Waals surface area contributed by atoms with Crippen molar-refractivity contribution in [2.75, 3.05) is 11.9 Å². The third kappa shape index (κ3) is 4.60. The molecule has 5 rings (SSSR count). The summed E-state index contributed by atoms with van der Waals surface area (Å²) in [5.74, 6) is 0.875. The van der Waals surface area contributed by atoms with Gasteiger partial charge in [-0.05, 0) is 72.2 Å². The molecule has 0 bridgehead atoms. The number of rotatable bonds is 6. The molecule has 0 spiro atoms. The van der Waals surface area contributed by atoms with E-state index in [4.69, 9.17) is 4.98 Å². The van der Waals surface area contributed by atoms with Crippen LogP contribution in [0.4, 0.5) is 5.82 Å².